The predicted molar refractivity (Wildman–Crippen MR) is 57.4 cm³/mol. The van der Waals surface area contributed by atoms with Crippen LogP contribution >= 0.6 is 0 Å². The normalized spacial score (nSPS) is 12.1. The summed E-state index contributed by atoms with van der Waals surface area (Å²) in [7, 11) is 0. The van der Waals surface area contributed by atoms with Crippen molar-refractivity contribution >= 4 is 0 Å². The molecule has 0 bridgehead atoms. The molecule has 0 atom stereocenters. The quantitative estimate of drug-likeness (QED) is 0.699. The van der Waals surface area contributed by atoms with Gasteiger partial charge in [0.15, 0.2) is 0 Å². The van der Waals surface area contributed by atoms with Crippen molar-refractivity contribution < 1.29 is 18.3 Å². The fraction of sp³-hybridized carbons (Fsp3) is 0.500. The van der Waals surface area contributed by atoms with Crippen molar-refractivity contribution in [2.45, 2.75) is 26.1 Å². The van der Waals surface area contributed by atoms with Crippen molar-refractivity contribution in [3.05, 3.63) is 35.9 Å². The molecule has 0 N–H and O–H groups in total. The predicted octanol–water partition coefficient (Wildman–Crippen LogP) is 3.18. The van der Waals surface area contributed by atoms with Gasteiger partial charge in [-0.1, -0.05) is 30.3 Å². The summed E-state index contributed by atoms with van der Waals surface area (Å²) in [4.78, 5) is 0. The Balaban J connectivity index is 2.88. The van der Waals surface area contributed by atoms with E-state index in [4.69, 9.17) is 9.47 Å². The molecule has 0 aromatic heterocycles. The number of ether oxygens (including phenoxy) is 2. The number of hydrogen-bond acceptors (Lipinski definition) is 2. The van der Waals surface area contributed by atoms with Crippen LogP contribution in [-0.2, 0) is 15.4 Å². The fourth-order valence-electron chi connectivity index (χ4n) is 1.36. The first-order valence-electron chi connectivity index (χ1n) is 5.29. The minimum atomic E-state index is -3.13. The van der Waals surface area contributed by atoms with Crippen LogP contribution in [0.2, 0.25) is 0 Å². The van der Waals surface area contributed by atoms with Crippen LogP contribution in [0, 0.1) is 0 Å². The second-order valence-corrected chi connectivity index (χ2v) is 3.23. The van der Waals surface area contributed by atoms with Gasteiger partial charge in [0.2, 0.25) is 6.29 Å². The lowest BCUT2D eigenvalue weighted by Gasteiger charge is -2.26. The summed E-state index contributed by atoms with van der Waals surface area (Å²) in [5.74, 6) is -3.13. The maximum Gasteiger partial charge on any atom is 0.323 e. The van der Waals surface area contributed by atoms with E-state index >= 15 is 0 Å². The molecule has 0 aliphatic carbocycles. The molecule has 0 aliphatic rings. The first-order chi connectivity index (χ1) is 7.62. The van der Waals surface area contributed by atoms with E-state index in [-0.39, 0.29) is 18.8 Å². The molecule has 0 amide bonds. The second-order valence-electron chi connectivity index (χ2n) is 3.23. The van der Waals surface area contributed by atoms with E-state index in [9.17, 15) is 8.78 Å². The molecule has 0 radical (unpaired) electrons. The zero-order chi connectivity index (χ0) is 12.0. The van der Waals surface area contributed by atoms with Crippen molar-refractivity contribution in [2.75, 3.05) is 13.2 Å². The van der Waals surface area contributed by atoms with Gasteiger partial charge in [-0.2, -0.15) is 8.78 Å². The van der Waals surface area contributed by atoms with Crippen LogP contribution in [0.25, 0.3) is 0 Å². The third-order valence-corrected chi connectivity index (χ3v) is 2.09. The SMILES string of the molecule is CCOC(OCC)C(F)(F)c1ccccc1. The Morgan fingerprint density at radius 3 is 2.00 bits per heavy atom. The van der Waals surface area contributed by atoms with Gasteiger partial charge in [-0.15, -0.1) is 0 Å². The Morgan fingerprint density at radius 1 is 1.06 bits per heavy atom. The summed E-state index contributed by atoms with van der Waals surface area (Å²) < 4.78 is 37.7. The molecule has 0 heterocycles. The lowest BCUT2D eigenvalue weighted by atomic mass is 10.1. The highest BCUT2D eigenvalue weighted by Gasteiger charge is 2.43. The van der Waals surface area contributed by atoms with E-state index in [1.807, 2.05) is 0 Å². The van der Waals surface area contributed by atoms with Crippen molar-refractivity contribution in [3.8, 4) is 0 Å². The number of halogens is 2. The van der Waals surface area contributed by atoms with Crippen LogP contribution in [0.3, 0.4) is 0 Å². The molecule has 0 aliphatic heterocycles. The van der Waals surface area contributed by atoms with E-state index in [1.54, 1.807) is 32.0 Å². The summed E-state index contributed by atoms with van der Waals surface area (Å²) in [5.41, 5.74) is -0.0955. The summed E-state index contributed by atoms with van der Waals surface area (Å²) in [5, 5.41) is 0. The Morgan fingerprint density at radius 2 is 1.56 bits per heavy atom. The maximum absolute atomic E-state index is 13.9. The number of rotatable bonds is 6. The van der Waals surface area contributed by atoms with Gasteiger partial charge in [0.25, 0.3) is 0 Å². The van der Waals surface area contributed by atoms with Crippen LogP contribution in [0.5, 0.6) is 0 Å². The van der Waals surface area contributed by atoms with E-state index in [0.717, 1.165) is 0 Å². The zero-order valence-corrected chi connectivity index (χ0v) is 9.45. The van der Waals surface area contributed by atoms with E-state index in [2.05, 4.69) is 0 Å². The minimum absolute atomic E-state index is 0.0955. The van der Waals surface area contributed by atoms with Crippen molar-refractivity contribution in [2.24, 2.45) is 0 Å². The summed E-state index contributed by atoms with van der Waals surface area (Å²) in [6.07, 6.45) is -1.52. The molecular formula is C12H16F2O2. The topological polar surface area (TPSA) is 18.5 Å². The number of hydrogen-bond donors (Lipinski definition) is 0. The fourth-order valence-corrected chi connectivity index (χ4v) is 1.36. The second kappa shape index (κ2) is 5.92. The highest BCUT2D eigenvalue weighted by molar-refractivity contribution is 5.20. The Hall–Kier alpha value is -1.00. The molecule has 4 heteroatoms. The molecule has 0 saturated carbocycles. The molecule has 0 spiro atoms. The Labute approximate surface area is 94.2 Å². The highest BCUT2D eigenvalue weighted by Crippen LogP contribution is 2.33. The average Bonchev–Trinajstić information content (AvgIpc) is 2.30. The van der Waals surface area contributed by atoms with Crippen LogP contribution in [0.1, 0.15) is 19.4 Å². The van der Waals surface area contributed by atoms with E-state index in [1.165, 1.54) is 12.1 Å². The van der Waals surface area contributed by atoms with Crippen LogP contribution in [0.4, 0.5) is 8.78 Å². The Kier molecular flexibility index (Phi) is 4.83. The molecule has 1 rings (SSSR count). The first-order valence-corrected chi connectivity index (χ1v) is 5.29. The number of benzene rings is 1. The largest absolute Gasteiger partial charge is 0.347 e. The Bertz CT molecular complexity index is 295. The van der Waals surface area contributed by atoms with Gasteiger partial charge in [-0.3, -0.25) is 0 Å². The molecule has 0 unspecified atom stereocenters. The zero-order valence-electron chi connectivity index (χ0n) is 9.45. The van der Waals surface area contributed by atoms with Crippen LogP contribution in [0.15, 0.2) is 30.3 Å². The van der Waals surface area contributed by atoms with Crippen molar-refractivity contribution in [3.63, 3.8) is 0 Å². The smallest absolute Gasteiger partial charge is 0.323 e. The monoisotopic (exact) mass is 230 g/mol. The molecular weight excluding hydrogens is 214 g/mol. The molecule has 16 heavy (non-hydrogen) atoms. The molecule has 2 nitrogen and oxygen atoms in total. The highest BCUT2D eigenvalue weighted by atomic mass is 19.3. The van der Waals surface area contributed by atoms with Crippen LogP contribution in [-0.4, -0.2) is 19.5 Å². The first kappa shape index (κ1) is 13.1. The van der Waals surface area contributed by atoms with Gasteiger partial charge >= 0.3 is 5.92 Å². The van der Waals surface area contributed by atoms with E-state index in [0.29, 0.717) is 0 Å². The molecule has 0 saturated heterocycles. The molecule has 1 aromatic rings. The minimum Gasteiger partial charge on any atom is -0.347 e. The van der Waals surface area contributed by atoms with Crippen LogP contribution < -0.4 is 0 Å². The van der Waals surface area contributed by atoms with Gasteiger partial charge in [-0.25, -0.2) is 0 Å². The van der Waals surface area contributed by atoms with Gasteiger partial charge in [0.1, 0.15) is 0 Å². The van der Waals surface area contributed by atoms with Gasteiger partial charge in [0, 0.05) is 18.8 Å². The summed E-state index contributed by atoms with van der Waals surface area (Å²) >= 11 is 0. The van der Waals surface area contributed by atoms with Crippen molar-refractivity contribution in [1.82, 2.24) is 0 Å². The third kappa shape index (κ3) is 3.00. The standard InChI is InChI=1S/C12H16F2O2/c1-3-15-11(16-4-2)12(13,14)10-8-6-5-7-9-10/h5-9,11H,3-4H2,1-2H3. The van der Waals surface area contributed by atoms with Gasteiger partial charge in [0.05, 0.1) is 0 Å². The molecule has 0 fully saturated rings. The van der Waals surface area contributed by atoms with Crippen molar-refractivity contribution in [1.29, 1.82) is 0 Å². The van der Waals surface area contributed by atoms with Gasteiger partial charge in [-0.05, 0) is 13.8 Å². The third-order valence-electron chi connectivity index (χ3n) is 2.09. The molecule has 1 aromatic carbocycles. The molecule has 90 valence electrons. The lowest BCUT2D eigenvalue weighted by Crippen LogP contribution is -2.36. The summed E-state index contributed by atoms with van der Waals surface area (Å²) in [6.45, 7) is 3.69. The van der Waals surface area contributed by atoms with E-state index < -0.39 is 12.2 Å². The van der Waals surface area contributed by atoms with Gasteiger partial charge < -0.3 is 9.47 Å². The lowest BCUT2D eigenvalue weighted by molar-refractivity contribution is -0.260. The average molecular weight is 230 g/mol. The maximum atomic E-state index is 13.9. The summed E-state index contributed by atoms with van der Waals surface area (Å²) in [6, 6.07) is 7.56. The number of alkyl halides is 2.